The van der Waals surface area contributed by atoms with Gasteiger partial charge in [-0.05, 0) is 75.3 Å². The quantitative estimate of drug-likeness (QED) is 0.532. The summed E-state index contributed by atoms with van der Waals surface area (Å²) < 4.78 is 12.7. The number of hydrogen-bond donors (Lipinski definition) is 0. The van der Waals surface area contributed by atoms with Crippen LogP contribution >= 0.6 is 11.8 Å². The summed E-state index contributed by atoms with van der Waals surface area (Å²) in [6.07, 6.45) is 8.09. The molecule has 1 nitrogen and oxygen atoms in total. The first-order chi connectivity index (χ1) is 9.34. The molecule has 1 heterocycles. The molecule has 0 unspecified atom stereocenters. The van der Waals surface area contributed by atoms with Crippen LogP contribution in [0.3, 0.4) is 0 Å². The zero-order valence-corrected chi connectivity index (χ0v) is 12.4. The molecule has 1 fully saturated rings. The smallest absolute Gasteiger partial charge is 0.123 e. The molecule has 0 aliphatic carbocycles. The second kappa shape index (κ2) is 8.60. The summed E-state index contributed by atoms with van der Waals surface area (Å²) >= 11 is 1.83. The molecule has 1 saturated heterocycles. The van der Waals surface area contributed by atoms with Crippen molar-refractivity contribution in [2.24, 2.45) is 0 Å². The first-order valence-electron chi connectivity index (χ1n) is 7.45. The third-order valence-corrected chi connectivity index (χ3v) is 4.75. The van der Waals surface area contributed by atoms with Gasteiger partial charge in [-0.25, -0.2) is 4.39 Å². The Hall–Kier alpha value is -0.540. The highest BCUT2D eigenvalue weighted by Crippen LogP contribution is 2.20. The molecule has 0 saturated carbocycles. The molecular formula is C16H24FNS. The summed E-state index contributed by atoms with van der Waals surface area (Å²) in [6.45, 7) is 3.90. The Bertz CT molecular complexity index is 346. The predicted octanol–water partition coefficient (Wildman–Crippen LogP) is 4.57. The van der Waals surface area contributed by atoms with E-state index < -0.39 is 0 Å². The van der Waals surface area contributed by atoms with Crippen molar-refractivity contribution in [1.82, 2.24) is 4.90 Å². The normalized spacial score (nSPS) is 16.7. The lowest BCUT2D eigenvalue weighted by atomic mass is 10.1. The standard InChI is InChI=1S/C16H24FNS/c17-15-7-9-16(10-8-15)19-14-6-2-5-13-18-11-3-1-4-12-18/h7-10H,1-6,11-14H2. The number of halogens is 1. The van der Waals surface area contributed by atoms with Gasteiger partial charge in [0, 0.05) is 4.90 Å². The SMILES string of the molecule is Fc1ccc(SCCCCCN2CCCCC2)cc1. The second-order valence-electron chi connectivity index (χ2n) is 5.27. The zero-order valence-electron chi connectivity index (χ0n) is 11.6. The number of benzene rings is 1. The third kappa shape index (κ3) is 5.96. The van der Waals surface area contributed by atoms with E-state index in [0.717, 1.165) is 5.75 Å². The number of piperidine rings is 1. The molecule has 0 amide bonds. The highest BCUT2D eigenvalue weighted by molar-refractivity contribution is 7.99. The van der Waals surface area contributed by atoms with Gasteiger partial charge in [0.1, 0.15) is 5.82 Å². The summed E-state index contributed by atoms with van der Waals surface area (Å²) in [6, 6.07) is 6.82. The van der Waals surface area contributed by atoms with Crippen LogP contribution in [0.5, 0.6) is 0 Å². The predicted molar refractivity (Wildman–Crippen MR) is 81.3 cm³/mol. The number of thioether (sulfide) groups is 1. The fourth-order valence-electron chi connectivity index (χ4n) is 2.52. The van der Waals surface area contributed by atoms with Crippen molar-refractivity contribution in [3.05, 3.63) is 30.1 Å². The van der Waals surface area contributed by atoms with Crippen LogP contribution in [0, 0.1) is 5.82 Å². The fraction of sp³-hybridized carbons (Fsp3) is 0.625. The average Bonchev–Trinajstić information content (AvgIpc) is 2.46. The molecule has 0 N–H and O–H groups in total. The van der Waals surface area contributed by atoms with E-state index in [1.807, 2.05) is 23.9 Å². The molecule has 0 spiro atoms. The van der Waals surface area contributed by atoms with E-state index in [0.29, 0.717) is 0 Å². The summed E-state index contributed by atoms with van der Waals surface area (Å²) in [5, 5.41) is 0. The first-order valence-corrected chi connectivity index (χ1v) is 8.44. The maximum Gasteiger partial charge on any atom is 0.123 e. The van der Waals surface area contributed by atoms with Crippen molar-refractivity contribution in [2.45, 2.75) is 43.4 Å². The van der Waals surface area contributed by atoms with Crippen LogP contribution in [-0.2, 0) is 0 Å². The van der Waals surface area contributed by atoms with Crippen molar-refractivity contribution >= 4 is 11.8 Å². The zero-order chi connectivity index (χ0) is 13.3. The van der Waals surface area contributed by atoms with Gasteiger partial charge in [0.15, 0.2) is 0 Å². The number of likely N-dealkylation sites (tertiary alicyclic amines) is 1. The maximum atomic E-state index is 12.7. The van der Waals surface area contributed by atoms with Gasteiger partial charge in [-0.15, -0.1) is 11.8 Å². The monoisotopic (exact) mass is 281 g/mol. The van der Waals surface area contributed by atoms with Gasteiger partial charge in [-0.3, -0.25) is 0 Å². The van der Waals surface area contributed by atoms with E-state index in [9.17, 15) is 4.39 Å². The Kier molecular flexibility index (Phi) is 6.72. The van der Waals surface area contributed by atoms with E-state index in [4.69, 9.17) is 0 Å². The van der Waals surface area contributed by atoms with Crippen molar-refractivity contribution in [1.29, 1.82) is 0 Å². The van der Waals surface area contributed by atoms with E-state index >= 15 is 0 Å². The minimum absolute atomic E-state index is 0.147. The van der Waals surface area contributed by atoms with Crippen molar-refractivity contribution in [3.8, 4) is 0 Å². The minimum Gasteiger partial charge on any atom is -0.303 e. The highest BCUT2D eigenvalue weighted by atomic mass is 32.2. The van der Waals surface area contributed by atoms with Crippen molar-refractivity contribution in [3.63, 3.8) is 0 Å². The molecular weight excluding hydrogens is 257 g/mol. The molecule has 0 bridgehead atoms. The van der Waals surface area contributed by atoms with Crippen LogP contribution < -0.4 is 0 Å². The molecule has 1 aliphatic heterocycles. The van der Waals surface area contributed by atoms with Gasteiger partial charge in [-0.1, -0.05) is 12.8 Å². The van der Waals surface area contributed by atoms with Gasteiger partial charge < -0.3 is 4.90 Å². The highest BCUT2D eigenvalue weighted by Gasteiger charge is 2.08. The van der Waals surface area contributed by atoms with Crippen molar-refractivity contribution in [2.75, 3.05) is 25.4 Å². The lowest BCUT2D eigenvalue weighted by molar-refractivity contribution is 0.224. The van der Waals surface area contributed by atoms with Crippen molar-refractivity contribution < 1.29 is 4.39 Å². The van der Waals surface area contributed by atoms with E-state index in [-0.39, 0.29) is 5.82 Å². The second-order valence-corrected chi connectivity index (χ2v) is 6.43. The van der Waals surface area contributed by atoms with Gasteiger partial charge in [0.2, 0.25) is 0 Å². The molecule has 3 heteroatoms. The fourth-order valence-corrected chi connectivity index (χ4v) is 3.43. The maximum absolute atomic E-state index is 12.7. The number of hydrogen-bond acceptors (Lipinski definition) is 2. The molecule has 106 valence electrons. The number of unbranched alkanes of at least 4 members (excludes halogenated alkanes) is 2. The van der Waals surface area contributed by atoms with Crippen LogP contribution in [0.1, 0.15) is 38.5 Å². The van der Waals surface area contributed by atoms with Gasteiger partial charge in [-0.2, -0.15) is 0 Å². The van der Waals surface area contributed by atoms with E-state index in [2.05, 4.69) is 4.90 Å². The van der Waals surface area contributed by atoms with Crippen LogP contribution in [0.4, 0.5) is 4.39 Å². The average molecular weight is 281 g/mol. The Morgan fingerprint density at radius 2 is 1.68 bits per heavy atom. The molecule has 1 aliphatic rings. The number of nitrogens with zero attached hydrogens (tertiary/aromatic N) is 1. The molecule has 2 rings (SSSR count). The molecule has 0 atom stereocenters. The number of rotatable bonds is 7. The van der Waals surface area contributed by atoms with Gasteiger partial charge >= 0.3 is 0 Å². The first kappa shape index (κ1) is 14.9. The topological polar surface area (TPSA) is 3.24 Å². The van der Waals surface area contributed by atoms with Crippen LogP contribution in [-0.4, -0.2) is 30.3 Å². The molecule has 1 aromatic rings. The third-order valence-electron chi connectivity index (χ3n) is 3.65. The summed E-state index contributed by atoms with van der Waals surface area (Å²) in [7, 11) is 0. The Labute approximate surface area is 120 Å². The Balaban J connectivity index is 1.49. The van der Waals surface area contributed by atoms with Crippen LogP contribution in [0.2, 0.25) is 0 Å². The summed E-state index contributed by atoms with van der Waals surface area (Å²) in [5.41, 5.74) is 0. The van der Waals surface area contributed by atoms with Gasteiger partial charge in [0.25, 0.3) is 0 Å². The summed E-state index contributed by atoms with van der Waals surface area (Å²) in [5.74, 6) is 0.997. The lowest BCUT2D eigenvalue weighted by Gasteiger charge is -2.26. The summed E-state index contributed by atoms with van der Waals surface area (Å²) in [4.78, 5) is 3.79. The molecule has 19 heavy (non-hydrogen) atoms. The van der Waals surface area contributed by atoms with Gasteiger partial charge in [0.05, 0.1) is 0 Å². The van der Waals surface area contributed by atoms with Crippen LogP contribution in [0.25, 0.3) is 0 Å². The molecule has 0 aromatic heterocycles. The van der Waals surface area contributed by atoms with E-state index in [1.165, 1.54) is 63.1 Å². The Morgan fingerprint density at radius 1 is 0.947 bits per heavy atom. The van der Waals surface area contributed by atoms with E-state index in [1.54, 1.807) is 12.1 Å². The molecule has 1 aromatic carbocycles. The van der Waals surface area contributed by atoms with Crippen LogP contribution in [0.15, 0.2) is 29.2 Å². The Morgan fingerprint density at radius 3 is 2.42 bits per heavy atom. The molecule has 0 radical (unpaired) electrons. The lowest BCUT2D eigenvalue weighted by Crippen LogP contribution is -2.30. The minimum atomic E-state index is -0.147. The largest absolute Gasteiger partial charge is 0.303 e.